The molecular weight excluding hydrogens is 588 g/mol. The number of aromatic nitrogens is 3. The quantitative estimate of drug-likeness (QED) is 0.367. The van der Waals surface area contributed by atoms with Crippen molar-refractivity contribution >= 4 is 23.6 Å². The molecule has 2 aromatic heterocycles. The monoisotopic (exact) mass is 632 g/mol. The number of rotatable bonds is 5. The van der Waals surface area contributed by atoms with Crippen LogP contribution in [-0.2, 0) is 35.3 Å². The van der Waals surface area contributed by atoms with E-state index in [1.165, 1.54) is 16.7 Å². The first kappa shape index (κ1) is 31.5. The lowest BCUT2D eigenvalue weighted by molar-refractivity contribution is -0.141. The van der Waals surface area contributed by atoms with Crippen LogP contribution < -0.4 is 0 Å². The zero-order valence-electron chi connectivity index (χ0n) is 26.9. The lowest BCUT2D eigenvalue weighted by Gasteiger charge is -2.46. The van der Waals surface area contributed by atoms with Gasteiger partial charge in [-0.1, -0.05) is 30.7 Å². The molecule has 240 valence electrons. The molecule has 2 aliphatic heterocycles. The Morgan fingerprint density at radius 3 is 2.64 bits per heavy atom. The topological polar surface area (TPSA) is 83.8 Å². The normalized spacial score (nSPS) is 22.4. The average molecular weight is 633 g/mol. The summed E-state index contributed by atoms with van der Waals surface area (Å²) < 4.78 is 7.99. The van der Waals surface area contributed by atoms with Gasteiger partial charge < -0.3 is 14.2 Å². The Labute approximate surface area is 271 Å². The van der Waals surface area contributed by atoms with Gasteiger partial charge in [0.2, 0.25) is 5.91 Å². The van der Waals surface area contributed by atoms with Gasteiger partial charge in [-0.3, -0.25) is 19.6 Å². The summed E-state index contributed by atoms with van der Waals surface area (Å²) in [4.78, 5) is 43.5. The molecule has 1 aliphatic carbocycles. The Kier molecular flexibility index (Phi) is 9.20. The Balaban J connectivity index is 1.29. The van der Waals surface area contributed by atoms with Gasteiger partial charge in [0.1, 0.15) is 11.6 Å². The van der Waals surface area contributed by atoms with Crippen LogP contribution in [0.15, 0.2) is 49.1 Å². The summed E-state index contributed by atoms with van der Waals surface area (Å²) in [5.41, 5.74) is 5.00. The van der Waals surface area contributed by atoms with Crippen molar-refractivity contribution in [3.8, 4) is 0 Å². The summed E-state index contributed by atoms with van der Waals surface area (Å²) in [5.74, 6) is 0.312. The average Bonchev–Trinajstić information content (AvgIpc) is 3.41. The summed E-state index contributed by atoms with van der Waals surface area (Å²) in [6.45, 7) is 11.2. The summed E-state index contributed by atoms with van der Waals surface area (Å²) in [6.07, 6.45) is 10.0. The van der Waals surface area contributed by atoms with Crippen molar-refractivity contribution in [1.82, 2.24) is 29.2 Å². The third-order valence-electron chi connectivity index (χ3n) is 9.29. The summed E-state index contributed by atoms with van der Waals surface area (Å²) >= 11 is 6.46. The fourth-order valence-corrected chi connectivity index (χ4v) is 7.35. The van der Waals surface area contributed by atoms with E-state index < -0.39 is 17.7 Å². The lowest BCUT2D eigenvalue weighted by atomic mass is 9.94. The van der Waals surface area contributed by atoms with Gasteiger partial charge in [-0.25, -0.2) is 9.78 Å². The molecule has 2 saturated heterocycles. The van der Waals surface area contributed by atoms with Crippen molar-refractivity contribution in [2.24, 2.45) is 5.92 Å². The predicted molar refractivity (Wildman–Crippen MR) is 174 cm³/mol. The summed E-state index contributed by atoms with van der Waals surface area (Å²) in [5, 5.41) is 0.718. The lowest BCUT2D eigenvalue weighted by Crippen LogP contribution is -2.63. The van der Waals surface area contributed by atoms with Crippen LogP contribution in [0.2, 0.25) is 5.02 Å². The Morgan fingerprint density at radius 1 is 1.04 bits per heavy atom. The number of halogens is 1. The van der Waals surface area contributed by atoms with Crippen molar-refractivity contribution in [3.05, 3.63) is 82.2 Å². The minimum Gasteiger partial charge on any atom is -0.444 e. The number of carbonyl (C=O) groups is 2. The molecule has 6 rings (SSSR count). The van der Waals surface area contributed by atoms with Gasteiger partial charge in [0.25, 0.3) is 0 Å². The molecule has 0 bridgehead atoms. The number of carbonyl (C=O) groups excluding carboxylic acids is 2. The number of piperidine rings is 1. The Morgan fingerprint density at radius 2 is 1.87 bits per heavy atom. The summed E-state index contributed by atoms with van der Waals surface area (Å²) in [6, 6.07) is 9.45. The second-order valence-electron chi connectivity index (χ2n) is 13.7. The zero-order chi connectivity index (χ0) is 31.7. The van der Waals surface area contributed by atoms with E-state index in [1.807, 2.05) is 50.3 Å². The van der Waals surface area contributed by atoms with Crippen molar-refractivity contribution in [2.45, 2.75) is 84.0 Å². The largest absolute Gasteiger partial charge is 0.444 e. The molecule has 3 aromatic rings. The van der Waals surface area contributed by atoms with E-state index in [2.05, 4.69) is 45.8 Å². The maximum Gasteiger partial charge on any atom is 0.411 e. The molecule has 3 atom stereocenters. The standard InChI is InChI=1S/C35H45ClN6O3/c1-5-28-21-39(23-38-28)19-24-8-7-15-41(20-24)33(43)30-22-40(16-17-42(30)34(44)45-35(2,3)4)32-29-13-12-27(36)18-26(29)11-10-25-9-6-14-37-31(25)32/h6,9,12-14,18,21,23-24,30,32H,5,7-8,10-11,15-17,19-20,22H2,1-4H3/t24-,30+,32?/m0/s1. The van der Waals surface area contributed by atoms with Crippen LogP contribution in [0.4, 0.5) is 4.79 Å². The number of fused-ring (bicyclic) bond motifs is 2. The number of hydrogen-bond donors (Lipinski definition) is 0. The highest BCUT2D eigenvalue weighted by Crippen LogP contribution is 2.38. The first-order valence-corrected chi connectivity index (χ1v) is 16.7. The predicted octanol–water partition coefficient (Wildman–Crippen LogP) is 5.54. The molecule has 9 nitrogen and oxygen atoms in total. The van der Waals surface area contributed by atoms with E-state index in [1.54, 1.807) is 4.90 Å². The van der Waals surface area contributed by atoms with Crippen LogP contribution in [0, 0.1) is 5.92 Å². The number of nitrogens with zero attached hydrogens (tertiary/aromatic N) is 6. The number of aryl methyl sites for hydroxylation is 3. The third kappa shape index (κ3) is 7.04. The zero-order valence-corrected chi connectivity index (χ0v) is 27.7. The molecule has 2 fully saturated rings. The van der Waals surface area contributed by atoms with Gasteiger partial charge in [0.15, 0.2) is 0 Å². The van der Waals surface area contributed by atoms with Crippen molar-refractivity contribution in [2.75, 3.05) is 32.7 Å². The SMILES string of the molecule is CCc1cn(C[C@@H]2CCCN(C(=O)[C@H]3CN(C4c5ccc(Cl)cc5CCc5cccnc54)CCN3C(=O)OC(C)(C)C)C2)cn1. The number of benzene rings is 1. The van der Waals surface area contributed by atoms with E-state index >= 15 is 0 Å². The molecule has 3 aliphatic rings. The van der Waals surface area contributed by atoms with Crippen LogP contribution in [0.3, 0.4) is 0 Å². The smallest absolute Gasteiger partial charge is 0.411 e. The number of imidazole rings is 1. The highest BCUT2D eigenvalue weighted by atomic mass is 35.5. The Hall–Kier alpha value is -3.43. The molecule has 1 unspecified atom stereocenters. The van der Waals surface area contributed by atoms with Crippen molar-refractivity contribution < 1.29 is 14.3 Å². The molecule has 0 saturated carbocycles. The van der Waals surface area contributed by atoms with Gasteiger partial charge in [-0.05, 0) is 93.7 Å². The van der Waals surface area contributed by atoms with E-state index in [0.717, 1.165) is 55.1 Å². The maximum atomic E-state index is 14.5. The van der Waals surface area contributed by atoms with Gasteiger partial charge >= 0.3 is 6.09 Å². The molecule has 45 heavy (non-hydrogen) atoms. The molecular formula is C35H45ClN6O3. The van der Waals surface area contributed by atoms with Crippen LogP contribution in [0.5, 0.6) is 0 Å². The fourth-order valence-electron chi connectivity index (χ4n) is 7.15. The minimum atomic E-state index is -0.668. The number of ether oxygens (including phenoxy) is 1. The third-order valence-corrected chi connectivity index (χ3v) is 9.52. The number of likely N-dealkylation sites (tertiary alicyclic amines) is 1. The maximum absolute atomic E-state index is 14.5. The molecule has 0 N–H and O–H groups in total. The minimum absolute atomic E-state index is 0.0127. The molecule has 2 amide bonds. The van der Waals surface area contributed by atoms with Gasteiger partial charge in [0, 0.05) is 56.7 Å². The van der Waals surface area contributed by atoms with Gasteiger partial charge in [-0.15, -0.1) is 0 Å². The van der Waals surface area contributed by atoms with Crippen LogP contribution >= 0.6 is 11.6 Å². The van der Waals surface area contributed by atoms with Crippen LogP contribution in [0.25, 0.3) is 0 Å². The van der Waals surface area contributed by atoms with Crippen LogP contribution in [0.1, 0.15) is 74.7 Å². The summed E-state index contributed by atoms with van der Waals surface area (Å²) in [7, 11) is 0. The first-order chi connectivity index (χ1) is 21.6. The second kappa shape index (κ2) is 13.1. The van der Waals surface area contributed by atoms with Crippen molar-refractivity contribution in [1.29, 1.82) is 0 Å². The number of pyridine rings is 1. The van der Waals surface area contributed by atoms with E-state index in [9.17, 15) is 9.59 Å². The van der Waals surface area contributed by atoms with E-state index in [4.69, 9.17) is 21.3 Å². The molecule has 4 heterocycles. The number of amides is 2. The Bertz CT molecular complexity index is 1530. The number of piperazine rings is 1. The molecule has 0 radical (unpaired) electrons. The highest BCUT2D eigenvalue weighted by Gasteiger charge is 2.43. The highest BCUT2D eigenvalue weighted by molar-refractivity contribution is 6.30. The van der Waals surface area contributed by atoms with Gasteiger partial charge in [0.05, 0.1) is 23.8 Å². The molecule has 0 spiro atoms. The van der Waals surface area contributed by atoms with Gasteiger partial charge in [-0.2, -0.15) is 0 Å². The fraction of sp³-hybridized carbons (Fsp3) is 0.543. The first-order valence-electron chi connectivity index (χ1n) is 16.3. The number of hydrogen-bond acceptors (Lipinski definition) is 6. The van der Waals surface area contributed by atoms with Crippen molar-refractivity contribution in [3.63, 3.8) is 0 Å². The molecule has 10 heteroatoms. The molecule has 1 aromatic carbocycles. The van der Waals surface area contributed by atoms with E-state index in [-0.39, 0.29) is 11.9 Å². The van der Waals surface area contributed by atoms with Crippen LogP contribution in [-0.4, -0.2) is 85.6 Å². The van der Waals surface area contributed by atoms with E-state index in [0.29, 0.717) is 38.6 Å². The second-order valence-corrected chi connectivity index (χ2v) is 14.1.